The van der Waals surface area contributed by atoms with E-state index >= 15 is 0 Å². The average Bonchev–Trinajstić information content (AvgIpc) is 3.19. The lowest BCUT2D eigenvalue weighted by Gasteiger charge is -2.12. The van der Waals surface area contributed by atoms with Crippen LogP contribution in [-0.2, 0) is 17.8 Å². The SMILES string of the molecule is CCOc1ccc(CCNC(=O)Cn2nnc(-c3ccncc3)n2)cc1OCC. The number of nitrogens with zero attached hydrogens (tertiary/aromatic N) is 5. The Morgan fingerprint density at radius 3 is 2.59 bits per heavy atom. The monoisotopic (exact) mass is 396 g/mol. The van der Waals surface area contributed by atoms with Gasteiger partial charge in [0, 0.05) is 24.5 Å². The van der Waals surface area contributed by atoms with Crippen LogP contribution in [0.1, 0.15) is 19.4 Å². The molecular formula is C20H24N6O3. The van der Waals surface area contributed by atoms with Gasteiger partial charge >= 0.3 is 0 Å². The van der Waals surface area contributed by atoms with Crippen LogP contribution in [0.5, 0.6) is 11.5 Å². The minimum atomic E-state index is -0.181. The van der Waals surface area contributed by atoms with Crippen LogP contribution in [0.4, 0.5) is 0 Å². The Bertz CT molecular complexity index is 929. The highest BCUT2D eigenvalue weighted by molar-refractivity contribution is 5.75. The molecule has 0 fully saturated rings. The predicted molar refractivity (Wildman–Crippen MR) is 107 cm³/mol. The molecular weight excluding hydrogens is 372 g/mol. The number of amides is 1. The summed E-state index contributed by atoms with van der Waals surface area (Å²) in [6, 6.07) is 9.38. The van der Waals surface area contributed by atoms with Gasteiger partial charge in [-0.05, 0) is 55.3 Å². The number of benzene rings is 1. The molecule has 152 valence electrons. The normalized spacial score (nSPS) is 10.6. The maximum atomic E-state index is 12.2. The number of aromatic nitrogens is 5. The van der Waals surface area contributed by atoms with Gasteiger partial charge in [0.1, 0.15) is 6.54 Å². The number of carbonyl (C=O) groups is 1. The number of pyridine rings is 1. The van der Waals surface area contributed by atoms with Gasteiger partial charge in [-0.15, -0.1) is 10.2 Å². The Labute approximate surface area is 169 Å². The van der Waals surface area contributed by atoms with E-state index in [9.17, 15) is 4.79 Å². The van der Waals surface area contributed by atoms with Gasteiger partial charge in [0.05, 0.1) is 13.2 Å². The first-order chi connectivity index (χ1) is 14.2. The van der Waals surface area contributed by atoms with Gasteiger partial charge in [-0.3, -0.25) is 9.78 Å². The van der Waals surface area contributed by atoms with Crippen LogP contribution in [-0.4, -0.2) is 50.9 Å². The number of hydrogen-bond acceptors (Lipinski definition) is 7. The van der Waals surface area contributed by atoms with Crippen LogP contribution in [0.25, 0.3) is 11.4 Å². The number of nitrogens with one attached hydrogen (secondary N) is 1. The maximum Gasteiger partial charge on any atom is 0.243 e. The van der Waals surface area contributed by atoms with E-state index in [1.54, 1.807) is 24.5 Å². The molecule has 9 heteroatoms. The van der Waals surface area contributed by atoms with Gasteiger partial charge in [-0.1, -0.05) is 6.07 Å². The molecule has 0 aliphatic rings. The minimum Gasteiger partial charge on any atom is -0.490 e. The molecule has 0 unspecified atom stereocenters. The second kappa shape index (κ2) is 10.2. The molecule has 3 aromatic rings. The first-order valence-corrected chi connectivity index (χ1v) is 9.53. The lowest BCUT2D eigenvalue weighted by atomic mass is 10.1. The van der Waals surface area contributed by atoms with Gasteiger partial charge in [-0.2, -0.15) is 4.80 Å². The first kappa shape index (κ1) is 20.2. The number of carbonyl (C=O) groups excluding carboxylic acids is 1. The standard InChI is InChI=1S/C20H24N6O3/c1-3-28-17-6-5-15(13-18(17)29-4-2)7-12-22-19(27)14-26-24-20(23-25-26)16-8-10-21-11-9-16/h5-6,8-11,13H,3-4,7,12,14H2,1-2H3,(H,22,27). The van der Waals surface area contributed by atoms with Crippen molar-refractivity contribution < 1.29 is 14.3 Å². The smallest absolute Gasteiger partial charge is 0.243 e. The van der Waals surface area contributed by atoms with Crippen LogP contribution < -0.4 is 14.8 Å². The Hall–Kier alpha value is -3.49. The quantitative estimate of drug-likeness (QED) is 0.558. The van der Waals surface area contributed by atoms with Gasteiger partial charge in [-0.25, -0.2) is 0 Å². The molecule has 0 atom stereocenters. The topological polar surface area (TPSA) is 104 Å². The summed E-state index contributed by atoms with van der Waals surface area (Å²) in [4.78, 5) is 17.4. The van der Waals surface area contributed by atoms with Crippen LogP contribution in [0.15, 0.2) is 42.7 Å². The summed E-state index contributed by atoms with van der Waals surface area (Å²) in [6.45, 7) is 5.50. The van der Waals surface area contributed by atoms with E-state index < -0.39 is 0 Å². The molecule has 1 amide bonds. The largest absolute Gasteiger partial charge is 0.490 e. The molecule has 29 heavy (non-hydrogen) atoms. The van der Waals surface area contributed by atoms with Crippen molar-refractivity contribution in [2.75, 3.05) is 19.8 Å². The van der Waals surface area contributed by atoms with Crippen molar-refractivity contribution in [2.45, 2.75) is 26.8 Å². The summed E-state index contributed by atoms with van der Waals surface area (Å²) < 4.78 is 11.2. The molecule has 2 heterocycles. The zero-order valence-corrected chi connectivity index (χ0v) is 16.5. The van der Waals surface area contributed by atoms with E-state index in [4.69, 9.17) is 9.47 Å². The van der Waals surface area contributed by atoms with E-state index in [1.165, 1.54) is 4.80 Å². The Morgan fingerprint density at radius 2 is 1.83 bits per heavy atom. The second-order valence-electron chi connectivity index (χ2n) is 6.13. The summed E-state index contributed by atoms with van der Waals surface area (Å²) in [5.74, 6) is 1.72. The van der Waals surface area contributed by atoms with Crippen molar-refractivity contribution in [1.29, 1.82) is 0 Å². The van der Waals surface area contributed by atoms with Crippen molar-refractivity contribution in [3.63, 3.8) is 0 Å². The number of rotatable bonds is 10. The summed E-state index contributed by atoms with van der Waals surface area (Å²) in [6.07, 6.45) is 3.98. The van der Waals surface area contributed by atoms with Crippen LogP contribution in [0, 0.1) is 0 Å². The fourth-order valence-electron chi connectivity index (χ4n) is 2.71. The molecule has 0 bridgehead atoms. The van der Waals surface area contributed by atoms with Crippen LogP contribution >= 0.6 is 0 Å². The third-order valence-corrected chi connectivity index (χ3v) is 4.02. The Balaban J connectivity index is 1.50. The number of tetrazole rings is 1. The highest BCUT2D eigenvalue weighted by Crippen LogP contribution is 2.28. The average molecular weight is 396 g/mol. The molecule has 9 nitrogen and oxygen atoms in total. The zero-order valence-electron chi connectivity index (χ0n) is 16.5. The van der Waals surface area contributed by atoms with Gasteiger partial charge < -0.3 is 14.8 Å². The van der Waals surface area contributed by atoms with E-state index in [0.29, 0.717) is 37.8 Å². The Kier molecular flexibility index (Phi) is 7.10. The molecule has 2 aromatic heterocycles. The third kappa shape index (κ3) is 5.74. The summed E-state index contributed by atoms with van der Waals surface area (Å²) in [5, 5.41) is 15.0. The van der Waals surface area contributed by atoms with Crippen LogP contribution in [0.2, 0.25) is 0 Å². The highest BCUT2D eigenvalue weighted by atomic mass is 16.5. The highest BCUT2D eigenvalue weighted by Gasteiger charge is 2.10. The second-order valence-corrected chi connectivity index (χ2v) is 6.13. The van der Waals surface area contributed by atoms with E-state index in [1.807, 2.05) is 32.0 Å². The Morgan fingerprint density at radius 1 is 1.07 bits per heavy atom. The molecule has 3 rings (SSSR count). The molecule has 0 radical (unpaired) electrons. The van der Waals surface area contributed by atoms with Crippen LogP contribution in [0.3, 0.4) is 0 Å². The molecule has 1 aromatic carbocycles. The van der Waals surface area contributed by atoms with E-state index in [0.717, 1.165) is 16.9 Å². The fraction of sp³-hybridized carbons (Fsp3) is 0.350. The predicted octanol–water partition coefficient (Wildman–Crippen LogP) is 1.89. The van der Waals surface area contributed by atoms with Gasteiger partial charge in [0.2, 0.25) is 11.7 Å². The fourth-order valence-corrected chi connectivity index (χ4v) is 2.71. The van der Waals surface area contributed by atoms with Crippen molar-refractivity contribution in [1.82, 2.24) is 30.5 Å². The first-order valence-electron chi connectivity index (χ1n) is 9.53. The number of ether oxygens (including phenoxy) is 2. The van der Waals surface area contributed by atoms with E-state index in [-0.39, 0.29) is 12.5 Å². The number of hydrogen-bond donors (Lipinski definition) is 1. The van der Waals surface area contributed by atoms with Gasteiger partial charge in [0.25, 0.3) is 0 Å². The summed E-state index contributed by atoms with van der Waals surface area (Å²) >= 11 is 0. The summed E-state index contributed by atoms with van der Waals surface area (Å²) in [5.41, 5.74) is 1.85. The molecule has 0 saturated heterocycles. The van der Waals surface area contributed by atoms with Gasteiger partial charge in [0.15, 0.2) is 11.5 Å². The molecule has 1 N–H and O–H groups in total. The lowest BCUT2D eigenvalue weighted by molar-refractivity contribution is -0.122. The molecule has 0 aliphatic carbocycles. The zero-order chi connectivity index (χ0) is 20.5. The van der Waals surface area contributed by atoms with Crippen molar-refractivity contribution in [3.8, 4) is 22.9 Å². The third-order valence-electron chi connectivity index (χ3n) is 4.02. The molecule has 0 saturated carbocycles. The summed E-state index contributed by atoms with van der Waals surface area (Å²) in [7, 11) is 0. The van der Waals surface area contributed by atoms with Crippen molar-refractivity contribution in [2.24, 2.45) is 0 Å². The van der Waals surface area contributed by atoms with E-state index in [2.05, 4.69) is 25.7 Å². The lowest BCUT2D eigenvalue weighted by Crippen LogP contribution is -2.30. The van der Waals surface area contributed by atoms with Crippen molar-refractivity contribution >= 4 is 5.91 Å². The maximum absolute atomic E-state index is 12.2. The molecule has 0 aliphatic heterocycles. The minimum absolute atomic E-state index is 0.00551. The molecule has 0 spiro atoms. The van der Waals surface area contributed by atoms with Crippen molar-refractivity contribution in [3.05, 3.63) is 48.3 Å².